The van der Waals surface area contributed by atoms with Gasteiger partial charge in [-0.25, -0.2) is 31.9 Å². The van der Waals surface area contributed by atoms with Crippen molar-refractivity contribution in [2.24, 2.45) is 0 Å². The van der Waals surface area contributed by atoms with E-state index in [2.05, 4.69) is 25.6 Å². The lowest BCUT2D eigenvalue weighted by molar-refractivity contribution is -0.118. The molecule has 38 heavy (non-hydrogen) atoms. The number of aromatic nitrogens is 3. The number of ether oxygens (including phenoxy) is 1. The summed E-state index contributed by atoms with van der Waals surface area (Å²) in [4.78, 5) is 47.2. The van der Waals surface area contributed by atoms with E-state index in [0.29, 0.717) is 17.0 Å². The fraction of sp³-hybridized carbons (Fsp3) is 0.0870. The fourth-order valence-corrected chi connectivity index (χ4v) is 3.70. The number of fused-ring (bicyclic) bond motifs is 2. The summed E-state index contributed by atoms with van der Waals surface area (Å²) in [5.74, 6) is -13.7. The van der Waals surface area contributed by atoms with Crippen LogP contribution in [0, 0.1) is 29.1 Å². The number of hydrogen-bond acceptors (Lipinski definition) is 6. The number of amides is 3. The third kappa shape index (κ3) is 4.23. The van der Waals surface area contributed by atoms with Crippen molar-refractivity contribution in [3.05, 3.63) is 76.6 Å². The van der Waals surface area contributed by atoms with Crippen LogP contribution in [0.25, 0.3) is 11.0 Å². The Kier molecular flexibility index (Phi) is 6.10. The van der Waals surface area contributed by atoms with Crippen LogP contribution in [-0.2, 0) is 11.3 Å². The van der Waals surface area contributed by atoms with Gasteiger partial charge in [0.25, 0.3) is 17.7 Å². The second-order valence-corrected chi connectivity index (χ2v) is 7.90. The van der Waals surface area contributed by atoms with Gasteiger partial charge in [0, 0.05) is 12.7 Å². The zero-order chi connectivity index (χ0) is 27.1. The average Bonchev–Trinajstić information content (AvgIpc) is 3.32. The van der Waals surface area contributed by atoms with Crippen molar-refractivity contribution >= 4 is 40.1 Å². The highest BCUT2D eigenvalue weighted by molar-refractivity contribution is 6.11. The molecule has 0 aliphatic carbocycles. The number of aromatic amines is 1. The maximum absolute atomic E-state index is 14.0. The number of nitrogens with zero attached hydrogens (tertiary/aromatic N) is 2. The van der Waals surface area contributed by atoms with E-state index in [1.165, 1.54) is 0 Å². The van der Waals surface area contributed by atoms with Gasteiger partial charge in [-0.3, -0.25) is 14.4 Å². The molecule has 0 atom stereocenters. The molecule has 1 aliphatic rings. The van der Waals surface area contributed by atoms with Gasteiger partial charge in [-0.15, -0.1) is 0 Å². The molecule has 0 radical (unpaired) electrons. The van der Waals surface area contributed by atoms with Gasteiger partial charge in [0.15, 0.2) is 35.6 Å². The minimum absolute atomic E-state index is 0.0174. The number of carbonyl (C=O) groups is 3. The molecular formula is C23H13F5N6O4. The number of rotatable bonds is 5. The highest BCUT2D eigenvalue weighted by atomic mass is 19.2. The molecule has 0 saturated carbocycles. The van der Waals surface area contributed by atoms with E-state index in [1.807, 2.05) is 5.32 Å². The summed E-state index contributed by atoms with van der Waals surface area (Å²) >= 11 is 0. The van der Waals surface area contributed by atoms with Crippen LogP contribution in [0.1, 0.15) is 26.4 Å². The minimum Gasteiger partial charge on any atom is -0.482 e. The van der Waals surface area contributed by atoms with E-state index < -0.39 is 46.5 Å². The average molecular weight is 532 g/mol. The van der Waals surface area contributed by atoms with Crippen molar-refractivity contribution in [1.29, 1.82) is 0 Å². The predicted octanol–water partition coefficient (Wildman–Crippen LogP) is 3.17. The lowest BCUT2D eigenvalue weighted by atomic mass is 10.1. The Balaban J connectivity index is 1.36. The Morgan fingerprint density at radius 2 is 1.68 bits per heavy atom. The van der Waals surface area contributed by atoms with Gasteiger partial charge in [-0.1, -0.05) is 6.07 Å². The molecule has 0 saturated heterocycles. The first-order chi connectivity index (χ1) is 18.2. The van der Waals surface area contributed by atoms with E-state index in [9.17, 15) is 36.3 Å². The third-order valence-electron chi connectivity index (χ3n) is 5.49. The van der Waals surface area contributed by atoms with Crippen LogP contribution in [0.3, 0.4) is 0 Å². The molecule has 4 aromatic rings. The summed E-state index contributed by atoms with van der Waals surface area (Å²) in [5.41, 5.74) is -1.06. The number of anilines is 2. The molecule has 5 rings (SSSR count). The van der Waals surface area contributed by atoms with E-state index in [4.69, 9.17) is 4.74 Å². The van der Waals surface area contributed by atoms with Crippen LogP contribution in [0.4, 0.5) is 33.3 Å². The third-order valence-corrected chi connectivity index (χ3v) is 5.49. The largest absolute Gasteiger partial charge is 0.482 e. The van der Waals surface area contributed by atoms with Crippen molar-refractivity contribution in [2.75, 3.05) is 17.2 Å². The molecule has 4 N–H and O–H groups in total. The Morgan fingerprint density at radius 3 is 2.42 bits per heavy atom. The van der Waals surface area contributed by atoms with Crippen molar-refractivity contribution < 1.29 is 41.1 Å². The molecule has 3 heterocycles. The molecule has 2 aromatic heterocycles. The first kappa shape index (κ1) is 24.6. The zero-order valence-electron chi connectivity index (χ0n) is 18.7. The second-order valence-electron chi connectivity index (χ2n) is 7.90. The van der Waals surface area contributed by atoms with E-state index in [0.717, 1.165) is 12.5 Å². The van der Waals surface area contributed by atoms with E-state index >= 15 is 0 Å². The molecular weight excluding hydrogens is 519 g/mol. The molecule has 10 nitrogen and oxygen atoms in total. The van der Waals surface area contributed by atoms with Gasteiger partial charge in [0.05, 0.1) is 16.9 Å². The van der Waals surface area contributed by atoms with Gasteiger partial charge in [0.2, 0.25) is 5.82 Å². The molecule has 0 bridgehead atoms. The topological polar surface area (TPSA) is 138 Å². The van der Waals surface area contributed by atoms with Crippen molar-refractivity contribution in [2.45, 2.75) is 6.54 Å². The molecule has 0 spiro atoms. The van der Waals surface area contributed by atoms with Gasteiger partial charge in [-0.2, -0.15) is 0 Å². The normalized spacial score (nSPS) is 12.5. The number of carbonyl (C=O) groups excluding carboxylic acids is 3. The monoisotopic (exact) mass is 532 g/mol. The number of hydrogen-bond donors (Lipinski definition) is 4. The molecule has 3 amide bonds. The smallest absolute Gasteiger partial charge is 0.272 e. The number of H-pyrrole nitrogens is 1. The van der Waals surface area contributed by atoms with Crippen LogP contribution in [-0.4, -0.2) is 39.3 Å². The number of halogens is 5. The Labute approximate surface area is 208 Å². The van der Waals surface area contributed by atoms with Crippen LogP contribution in [0.15, 0.2) is 30.7 Å². The Hall–Kier alpha value is -5.08. The van der Waals surface area contributed by atoms with Gasteiger partial charge >= 0.3 is 0 Å². The van der Waals surface area contributed by atoms with Crippen molar-refractivity contribution in [3.8, 4) is 5.75 Å². The SMILES string of the molecule is O=C1COc2ccc(CNC(=O)c3ncnc4c(NC(=O)c5c(F)c(F)c(F)c(F)c5F)c[nH]c34)cc2N1. The molecule has 0 unspecified atom stereocenters. The summed E-state index contributed by atoms with van der Waals surface area (Å²) in [6.45, 7) is -0.0784. The van der Waals surface area contributed by atoms with Crippen LogP contribution in [0.5, 0.6) is 5.75 Å². The minimum atomic E-state index is -2.40. The molecule has 0 fully saturated rings. The van der Waals surface area contributed by atoms with Crippen LogP contribution in [0.2, 0.25) is 0 Å². The Bertz CT molecular complexity index is 1630. The van der Waals surface area contributed by atoms with Crippen LogP contribution >= 0.6 is 0 Å². The quantitative estimate of drug-likeness (QED) is 0.177. The first-order valence-corrected chi connectivity index (χ1v) is 10.6. The molecule has 194 valence electrons. The lowest BCUT2D eigenvalue weighted by Gasteiger charge is -2.18. The highest BCUT2D eigenvalue weighted by Gasteiger charge is 2.30. The van der Waals surface area contributed by atoms with E-state index in [-0.39, 0.29) is 41.5 Å². The number of benzene rings is 2. The number of nitrogens with one attached hydrogen (secondary N) is 4. The lowest BCUT2D eigenvalue weighted by Crippen LogP contribution is -2.26. The van der Waals surface area contributed by atoms with Crippen molar-refractivity contribution in [1.82, 2.24) is 20.3 Å². The maximum Gasteiger partial charge on any atom is 0.272 e. The summed E-state index contributed by atoms with van der Waals surface area (Å²) in [6, 6.07) is 4.92. The maximum atomic E-state index is 14.0. The molecule has 1 aliphatic heterocycles. The molecule has 2 aromatic carbocycles. The highest BCUT2D eigenvalue weighted by Crippen LogP contribution is 2.29. The van der Waals surface area contributed by atoms with Gasteiger partial charge in [0.1, 0.15) is 23.2 Å². The van der Waals surface area contributed by atoms with E-state index in [1.54, 1.807) is 18.2 Å². The van der Waals surface area contributed by atoms with Crippen LogP contribution < -0.4 is 20.7 Å². The summed E-state index contributed by atoms with van der Waals surface area (Å²) in [7, 11) is 0. The van der Waals surface area contributed by atoms with Gasteiger partial charge in [-0.05, 0) is 17.7 Å². The standard InChI is InChI=1S/C23H13F5N6O4/c24-14-13(15(25)17(27)18(28)16(14)26)22(36)34-10-5-29-20-19(10)31-7-32-21(20)23(37)30-4-8-1-2-11-9(3-8)33-12(35)6-38-11/h1-3,5,7,29H,4,6H2,(H,30,37)(H,33,35)(H,34,36). The Morgan fingerprint density at radius 1 is 0.974 bits per heavy atom. The van der Waals surface area contributed by atoms with Gasteiger partial charge < -0.3 is 25.7 Å². The van der Waals surface area contributed by atoms with Crippen molar-refractivity contribution in [3.63, 3.8) is 0 Å². The predicted molar refractivity (Wildman–Crippen MR) is 120 cm³/mol. The zero-order valence-corrected chi connectivity index (χ0v) is 18.7. The first-order valence-electron chi connectivity index (χ1n) is 10.6. The summed E-state index contributed by atoms with van der Waals surface area (Å²) in [6.07, 6.45) is 2.08. The summed E-state index contributed by atoms with van der Waals surface area (Å²) in [5, 5.41) is 7.29. The summed E-state index contributed by atoms with van der Waals surface area (Å²) < 4.78 is 73.6. The molecule has 15 heteroatoms. The fourth-order valence-electron chi connectivity index (χ4n) is 3.70. The second kappa shape index (κ2) is 9.42.